The highest BCUT2D eigenvalue weighted by Crippen LogP contribution is 2.34. The summed E-state index contributed by atoms with van der Waals surface area (Å²) in [4.78, 5) is 27.1. The molecule has 4 heteroatoms. The van der Waals surface area contributed by atoms with Gasteiger partial charge < -0.3 is 10.2 Å². The summed E-state index contributed by atoms with van der Waals surface area (Å²) in [5.74, 6) is 0.350. The highest BCUT2D eigenvalue weighted by molar-refractivity contribution is 6.04. The van der Waals surface area contributed by atoms with E-state index in [1.54, 1.807) is 4.90 Å². The first-order chi connectivity index (χ1) is 10.2. The Labute approximate surface area is 132 Å². The summed E-state index contributed by atoms with van der Waals surface area (Å²) in [5, 5.41) is 3.01. The highest BCUT2D eigenvalue weighted by Gasteiger charge is 2.41. The first-order valence-corrected chi connectivity index (χ1v) is 7.92. The number of hydrogen-bond acceptors (Lipinski definition) is 2. The van der Waals surface area contributed by atoms with Crippen molar-refractivity contribution < 1.29 is 9.59 Å². The molecule has 1 aromatic rings. The van der Waals surface area contributed by atoms with Crippen molar-refractivity contribution in [1.29, 1.82) is 0 Å². The zero-order chi connectivity index (χ0) is 16.5. The molecular weight excluding hydrogens is 276 g/mol. The Morgan fingerprint density at radius 2 is 1.91 bits per heavy atom. The number of amides is 2. The fraction of sp³-hybridized carbons (Fsp3) is 0.556. The molecule has 1 aromatic carbocycles. The van der Waals surface area contributed by atoms with Crippen LogP contribution in [0.1, 0.15) is 63.0 Å². The molecule has 0 aromatic heterocycles. The van der Waals surface area contributed by atoms with Gasteiger partial charge in [-0.15, -0.1) is 0 Å². The maximum Gasteiger partial charge on any atom is 0.255 e. The third kappa shape index (κ3) is 3.49. The van der Waals surface area contributed by atoms with Gasteiger partial charge in [0.15, 0.2) is 0 Å². The van der Waals surface area contributed by atoms with Crippen molar-refractivity contribution in [3.63, 3.8) is 0 Å². The normalized spacial score (nSPS) is 17.8. The zero-order valence-electron chi connectivity index (χ0n) is 14.1. The third-order valence-electron chi connectivity index (χ3n) is 3.75. The monoisotopic (exact) mass is 302 g/mol. The van der Waals surface area contributed by atoms with Crippen LogP contribution in [0, 0.1) is 5.92 Å². The molecule has 1 heterocycles. The smallest absolute Gasteiger partial charge is 0.255 e. The first-order valence-electron chi connectivity index (χ1n) is 7.92. The zero-order valence-corrected chi connectivity index (χ0v) is 14.1. The standard InChI is InChI=1S/C18H26N2O2/c1-12(2)10-11-20-15(16(21)19-18(3,4)5)13-8-6-7-9-14(13)17(20)22/h6-9,12,15H,10-11H2,1-5H3,(H,19,21). The van der Waals surface area contributed by atoms with Crippen molar-refractivity contribution in [2.75, 3.05) is 6.54 Å². The lowest BCUT2D eigenvalue weighted by Crippen LogP contribution is -2.47. The molecule has 1 aliphatic rings. The largest absolute Gasteiger partial charge is 0.349 e. The van der Waals surface area contributed by atoms with Gasteiger partial charge in [-0.3, -0.25) is 9.59 Å². The van der Waals surface area contributed by atoms with Crippen LogP contribution in [0.4, 0.5) is 0 Å². The van der Waals surface area contributed by atoms with Crippen LogP contribution in [0.25, 0.3) is 0 Å². The Balaban J connectivity index is 2.32. The van der Waals surface area contributed by atoms with E-state index in [0.717, 1.165) is 12.0 Å². The summed E-state index contributed by atoms with van der Waals surface area (Å²) >= 11 is 0. The molecule has 0 bridgehead atoms. The number of carbonyl (C=O) groups is 2. The van der Waals surface area contributed by atoms with Gasteiger partial charge in [0.2, 0.25) is 5.91 Å². The van der Waals surface area contributed by atoms with Crippen molar-refractivity contribution in [2.24, 2.45) is 5.92 Å². The molecule has 2 rings (SSSR count). The van der Waals surface area contributed by atoms with Gasteiger partial charge in [0.1, 0.15) is 6.04 Å². The van der Waals surface area contributed by atoms with Gasteiger partial charge >= 0.3 is 0 Å². The van der Waals surface area contributed by atoms with Crippen molar-refractivity contribution in [3.8, 4) is 0 Å². The maximum absolute atomic E-state index is 12.7. The number of nitrogens with one attached hydrogen (secondary N) is 1. The van der Waals surface area contributed by atoms with E-state index in [2.05, 4.69) is 19.2 Å². The van der Waals surface area contributed by atoms with Gasteiger partial charge in [0.25, 0.3) is 5.91 Å². The van der Waals surface area contributed by atoms with Crippen LogP contribution >= 0.6 is 0 Å². The quantitative estimate of drug-likeness (QED) is 0.929. The van der Waals surface area contributed by atoms with Crippen LogP contribution in [0.2, 0.25) is 0 Å². The highest BCUT2D eigenvalue weighted by atomic mass is 16.2. The molecule has 0 radical (unpaired) electrons. The van der Waals surface area contributed by atoms with Gasteiger partial charge in [-0.05, 0) is 44.7 Å². The van der Waals surface area contributed by atoms with Gasteiger partial charge in [0, 0.05) is 17.6 Å². The first kappa shape index (κ1) is 16.5. The minimum atomic E-state index is -0.512. The van der Waals surface area contributed by atoms with E-state index >= 15 is 0 Å². The van der Waals surface area contributed by atoms with E-state index in [-0.39, 0.29) is 17.4 Å². The molecule has 1 unspecified atom stereocenters. The van der Waals surface area contributed by atoms with Crippen molar-refractivity contribution in [3.05, 3.63) is 35.4 Å². The van der Waals surface area contributed by atoms with Gasteiger partial charge in [-0.25, -0.2) is 0 Å². The van der Waals surface area contributed by atoms with E-state index in [4.69, 9.17) is 0 Å². The van der Waals surface area contributed by atoms with Crippen molar-refractivity contribution >= 4 is 11.8 Å². The van der Waals surface area contributed by atoms with Gasteiger partial charge in [0.05, 0.1) is 0 Å². The topological polar surface area (TPSA) is 49.4 Å². The molecule has 0 fully saturated rings. The van der Waals surface area contributed by atoms with Crippen molar-refractivity contribution in [2.45, 2.75) is 52.6 Å². The molecule has 4 nitrogen and oxygen atoms in total. The van der Waals surface area contributed by atoms with E-state index in [1.165, 1.54) is 0 Å². The minimum Gasteiger partial charge on any atom is -0.349 e. The number of carbonyl (C=O) groups excluding carboxylic acids is 2. The van der Waals surface area contributed by atoms with Crippen LogP contribution in [0.15, 0.2) is 24.3 Å². The molecular formula is C18H26N2O2. The van der Waals surface area contributed by atoms with E-state index < -0.39 is 6.04 Å². The van der Waals surface area contributed by atoms with Gasteiger partial charge in [-0.2, -0.15) is 0 Å². The van der Waals surface area contributed by atoms with Crippen LogP contribution in [-0.4, -0.2) is 28.8 Å². The molecule has 0 spiro atoms. The second-order valence-corrected chi connectivity index (χ2v) is 7.41. The summed E-state index contributed by atoms with van der Waals surface area (Å²) in [6.07, 6.45) is 0.888. The summed E-state index contributed by atoms with van der Waals surface area (Å²) in [7, 11) is 0. The molecule has 1 N–H and O–H groups in total. The Morgan fingerprint density at radius 1 is 1.27 bits per heavy atom. The lowest BCUT2D eigenvalue weighted by Gasteiger charge is -2.29. The molecule has 1 aliphatic heterocycles. The fourth-order valence-corrected chi connectivity index (χ4v) is 2.72. The minimum absolute atomic E-state index is 0.0368. The predicted molar refractivity (Wildman–Crippen MR) is 87.6 cm³/mol. The number of fused-ring (bicyclic) bond motifs is 1. The Kier molecular flexibility index (Phi) is 4.59. The molecule has 120 valence electrons. The molecule has 0 saturated heterocycles. The summed E-state index contributed by atoms with van der Waals surface area (Å²) in [5.41, 5.74) is 1.15. The number of nitrogens with zero attached hydrogens (tertiary/aromatic N) is 1. The van der Waals surface area contributed by atoms with Crippen molar-refractivity contribution in [1.82, 2.24) is 10.2 Å². The van der Waals surface area contributed by atoms with Crippen LogP contribution < -0.4 is 5.32 Å². The SMILES string of the molecule is CC(C)CCN1C(=O)c2ccccc2C1C(=O)NC(C)(C)C. The second-order valence-electron chi connectivity index (χ2n) is 7.41. The Bertz CT molecular complexity index is 573. The molecule has 2 amide bonds. The number of hydrogen-bond donors (Lipinski definition) is 1. The van der Waals surface area contributed by atoms with Gasteiger partial charge in [-0.1, -0.05) is 32.0 Å². The summed E-state index contributed by atoms with van der Waals surface area (Å²) in [6.45, 7) is 10.7. The summed E-state index contributed by atoms with van der Waals surface area (Å²) in [6, 6.07) is 6.91. The average molecular weight is 302 g/mol. The molecule has 0 aliphatic carbocycles. The Morgan fingerprint density at radius 3 is 2.50 bits per heavy atom. The van der Waals surface area contributed by atoms with Crippen LogP contribution in [-0.2, 0) is 4.79 Å². The molecule has 22 heavy (non-hydrogen) atoms. The van der Waals surface area contributed by atoms with Crippen LogP contribution in [0.5, 0.6) is 0 Å². The van der Waals surface area contributed by atoms with E-state index in [9.17, 15) is 9.59 Å². The van der Waals surface area contributed by atoms with E-state index in [0.29, 0.717) is 18.0 Å². The van der Waals surface area contributed by atoms with E-state index in [1.807, 2.05) is 45.0 Å². The maximum atomic E-state index is 12.7. The molecule has 1 atom stereocenters. The average Bonchev–Trinajstić information content (AvgIpc) is 2.68. The molecule has 0 saturated carbocycles. The third-order valence-corrected chi connectivity index (χ3v) is 3.75. The number of benzene rings is 1. The second kappa shape index (κ2) is 6.11. The lowest BCUT2D eigenvalue weighted by atomic mass is 10.0. The lowest BCUT2D eigenvalue weighted by molar-refractivity contribution is -0.127. The predicted octanol–water partition coefficient (Wildman–Crippen LogP) is 3.14. The fourth-order valence-electron chi connectivity index (χ4n) is 2.72. The summed E-state index contributed by atoms with van der Waals surface area (Å²) < 4.78 is 0. The Hall–Kier alpha value is -1.84. The van der Waals surface area contributed by atoms with Crippen LogP contribution in [0.3, 0.4) is 0 Å². The number of rotatable bonds is 4.